The maximum absolute atomic E-state index is 12.8. The Hall–Kier alpha value is -1.56. The van der Waals surface area contributed by atoms with E-state index in [0.29, 0.717) is 5.69 Å². The maximum Gasteiger partial charge on any atom is 0.416 e. The lowest BCUT2D eigenvalue weighted by atomic mass is 10.1. The van der Waals surface area contributed by atoms with Gasteiger partial charge in [0.2, 0.25) is 0 Å². The molecular weight excluding hydrogens is 279 g/mol. The van der Waals surface area contributed by atoms with Gasteiger partial charge in [0.15, 0.2) is 0 Å². The third-order valence-corrected chi connectivity index (χ3v) is 2.84. The third-order valence-electron chi connectivity index (χ3n) is 2.62. The minimum atomic E-state index is -4.38. The molecule has 7 heteroatoms. The van der Waals surface area contributed by atoms with Gasteiger partial charge in [0.05, 0.1) is 23.7 Å². The molecule has 0 aliphatic carbocycles. The van der Waals surface area contributed by atoms with Gasteiger partial charge >= 0.3 is 6.18 Å². The molecule has 0 aliphatic heterocycles. The lowest BCUT2D eigenvalue weighted by Gasteiger charge is -2.12. The second kappa shape index (κ2) is 5.21. The zero-order valence-electron chi connectivity index (χ0n) is 10.0. The molecule has 0 radical (unpaired) electrons. The van der Waals surface area contributed by atoms with Gasteiger partial charge in [-0.05, 0) is 18.6 Å². The highest BCUT2D eigenvalue weighted by molar-refractivity contribution is 6.20. The Bertz CT molecular complexity index is 563. The van der Waals surface area contributed by atoms with Gasteiger partial charge in [-0.2, -0.15) is 13.2 Å². The molecule has 0 bridgehead atoms. The first-order valence-corrected chi connectivity index (χ1v) is 6.01. The summed E-state index contributed by atoms with van der Waals surface area (Å²) in [6.45, 7) is 1.73. The second-order valence-electron chi connectivity index (χ2n) is 4.11. The van der Waals surface area contributed by atoms with Crippen LogP contribution < -0.4 is 0 Å². The molecule has 1 heterocycles. The van der Waals surface area contributed by atoms with Crippen LogP contribution in [-0.2, 0) is 12.7 Å². The van der Waals surface area contributed by atoms with Crippen molar-refractivity contribution in [2.45, 2.75) is 25.0 Å². The summed E-state index contributed by atoms with van der Waals surface area (Å²) in [7, 11) is 0. The van der Waals surface area contributed by atoms with Crippen molar-refractivity contribution in [2.75, 3.05) is 0 Å². The number of aromatic nitrogens is 3. The van der Waals surface area contributed by atoms with E-state index in [1.165, 1.54) is 16.8 Å². The molecule has 2 rings (SSSR count). The van der Waals surface area contributed by atoms with E-state index >= 15 is 0 Å². The highest BCUT2D eigenvalue weighted by Crippen LogP contribution is 2.32. The Morgan fingerprint density at radius 3 is 2.58 bits per heavy atom. The van der Waals surface area contributed by atoms with Crippen LogP contribution in [0.15, 0.2) is 30.5 Å². The van der Waals surface area contributed by atoms with E-state index in [-0.39, 0.29) is 17.5 Å². The van der Waals surface area contributed by atoms with Crippen LogP contribution in [0.3, 0.4) is 0 Å². The quantitative estimate of drug-likeness (QED) is 0.808. The van der Waals surface area contributed by atoms with Gasteiger partial charge < -0.3 is 0 Å². The van der Waals surface area contributed by atoms with Crippen LogP contribution in [0.4, 0.5) is 13.2 Å². The Morgan fingerprint density at radius 1 is 1.32 bits per heavy atom. The largest absolute Gasteiger partial charge is 0.416 e. The number of hydrogen-bond donors (Lipinski definition) is 0. The average molecular weight is 290 g/mol. The van der Waals surface area contributed by atoms with Crippen molar-refractivity contribution in [3.05, 3.63) is 47.3 Å². The second-order valence-corrected chi connectivity index (χ2v) is 4.77. The van der Waals surface area contributed by atoms with Crippen LogP contribution in [0.25, 0.3) is 0 Å². The fraction of sp³-hybridized carbons (Fsp3) is 0.333. The van der Waals surface area contributed by atoms with Crippen LogP contribution in [-0.4, -0.2) is 15.0 Å². The first-order chi connectivity index (χ1) is 8.88. The van der Waals surface area contributed by atoms with Crippen molar-refractivity contribution in [1.82, 2.24) is 15.0 Å². The van der Waals surface area contributed by atoms with Crippen molar-refractivity contribution in [2.24, 2.45) is 0 Å². The van der Waals surface area contributed by atoms with Gasteiger partial charge in [-0.25, -0.2) is 4.68 Å². The Balaban J connectivity index is 2.28. The molecule has 1 atom stereocenters. The SMILES string of the molecule is CC(Cl)c1cn(Cc2ccccc2C(F)(F)F)nn1. The molecule has 1 unspecified atom stereocenters. The summed E-state index contributed by atoms with van der Waals surface area (Å²) in [6, 6.07) is 5.40. The Kier molecular flexibility index (Phi) is 3.80. The van der Waals surface area contributed by atoms with Gasteiger partial charge in [-0.1, -0.05) is 23.4 Å². The van der Waals surface area contributed by atoms with Gasteiger partial charge in [0.25, 0.3) is 0 Å². The van der Waals surface area contributed by atoms with Gasteiger partial charge in [-0.15, -0.1) is 16.7 Å². The molecule has 1 aromatic carbocycles. The van der Waals surface area contributed by atoms with Gasteiger partial charge in [-0.3, -0.25) is 0 Å². The summed E-state index contributed by atoms with van der Waals surface area (Å²) in [5, 5.41) is 7.25. The molecule has 0 saturated carbocycles. The molecule has 0 fully saturated rings. The molecule has 0 aliphatic rings. The summed E-state index contributed by atoms with van der Waals surface area (Å²) in [5.74, 6) is 0. The predicted molar refractivity (Wildman–Crippen MR) is 64.8 cm³/mol. The van der Waals surface area contributed by atoms with Crippen LogP contribution in [0.1, 0.15) is 29.1 Å². The van der Waals surface area contributed by atoms with Crippen molar-refractivity contribution in [3.63, 3.8) is 0 Å². The summed E-state index contributed by atoms with van der Waals surface area (Å²) in [4.78, 5) is 0. The number of rotatable bonds is 3. The lowest BCUT2D eigenvalue weighted by molar-refractivity contribution is -0.138. The van der Waals surface area contributed by atoms with Crippen molar-refractivity contribution < 1.29 is 13.2 Å². The summed E-state index contributed by atoms with van der Waals surface area (Å²) < 4.78 is 39.8. The molecule has 3 nitrogen and oxygen atoms in total. The van der Waals surface area contributed by atoms with Crippen LogP contribution in [0.2, 0.25) is 0 Å². The van der Waals surface area contributed by atoms with E-state index in [1.54, 1.807) is 19.2 Å². The maximum atomic E-state index is 12.8. The van der Waals surface area contributed by atoms with Crippen molar-refractivity contribution in [1.29, 1.82) is 0 Å². The third kappa shape index (κ3) is 3.26. The topological polar surface area (TPSA) is 30.7 Å². The minimum Gasteiger partial charge on any atom is -0.248 e. The van der Waals surface area contributed by atoms with E-state index in [1.807, 2.05) is 0 Å². The van der Waals surface area contributed by atoms with Crippen molar-refractivity contribution >= 4 is 11.6 Å². The lowest BCUT2D eigenvalue weighted by Crippen LogP contribution is -2.11. The molecule has 102 valence electrons. The number of nitrogens with zero attached hydrogens (tertiary/aromatic N) is 3. The van der Waals surface area contributed by atoms with E-state index in [9.17, 15) is 13.2 Å². The Morgan fingerprint density at radius 2 is 2.00 bits per heavy atom. The Labute approximate surface area is 113 Å². The summed E-state index contributed by atoms with van der Waals surface area (Å²) >= 11 is 5.83. The molecule has 0 spiro atoms. The molecule has 1 aromatic heterocycles. The molecule has 0 amide bonds. The highest BCUT2D eigenvalue weighted by atomic mass is 35.5. The van der Waals surface area contributed by atoms with Crippen LogP contribution in [0.5, 0.6) is 0 Å². The summed E-state index contributed by atoms with van der Waals surface area (Å²) in [5.41, 5.74) is 0.0193. The number of alkyl halides is 4. The van der Waals surface area contributed by atoms with Gasteiger partial charge in [0.1, 0.15) is 5.69 Å². The first kappa shape index (κ1) is 13.9. The van der Waals surface area contributed by atoms with Crippen LogP contribution in [0, 0.1) is 0 Å². The van der Waals surface area contributed by atoms with E-state index in [4.69, 9.17) is 11.6 Å². The van der Waals surface area contributed by atoms with Crippen LogP contribution >= 0.6 is 11.6 Å². The zero-order chi connectivity index (χ0) is 14.0. The minimum absolute atomic E-state index is 0.00624. The summed E-state index contributed by atoms with van der Waals surface area (Å²) in [6.07, 6.45) is -2.83. The fourth-order valence-electron chi connectivity index (χ4n) is 1.68. The number of halogens is 4. The zero-order valence-corrected chi connectivity index (χ0v) is 10.8. The van der Waals surface area contributed by atoms with E-state index in [2.05, 4.69) is 10.3 Å². The monoisotopic (exact) mass is 289 g/mol. The fourth-order valence-corrected chi connectivity index (χ4v) is 1.78. The van der Waals surface area contributed by atoms with E-state index in [0.717, 1.165) is 6.07 Å². The standard InChI is InChI=1S/C12H11ClF3N3/c1-8(13)11-7-19(18-17-11)6-9-4-2-3-5-10(9)12(14,15)16/h2-5,7-8H,6H2,1H3. The number of hydrogen-bond acceptors (Lipinski definition) is 2. The molecule has 0 saturated heterocycles. The highest BCUT2D eigenvalue weighted by Gasteiger charge is 2.32. The number of benzene rings is 1. The smallest absolute Gasteiger partial charge is 0.248 e. The molecule has 0 N–H and O–H groups in total. The normalized spacial score (nSPS) is 13.5. The van der Waals surface area contributed by atoms with Crippen molar-refractivity contribution in [3.8, 4) is 0 Å². The first-order valence-electron chi connectivity index (χ1n) is 5.57. The molecule has 19 heavy (non-hydrogen) atoms. The molecule has 2 aromatic rings. The molecular formula is C12H11ClF3N3. The average Bonchev–Trinajstić information content (AvgIpc) is 2.77. The van der Waals surface area contributed by atoms with E-state index < -0.39 is 11.7 Å². The van der Waals surface area contributed by atoms with Gasteiger partial charge in [0, 0.05) is 0 Å². The predicted octanol–water partition coefficient (Wildman–Crippen LogP) is 3.65.